The Balaban J connectivity index is 1.07. The van der Waals surface area contributed by atoms with Gasteiger partial charge in [0.2, 0.25) is 0 Å². The Morgan fingerprint density at radius 2 is 1.36 bits per heavy atom. The molecule has 1 amide bonds. The monoisotopic (exact) mass is 613 g/mol. The first kappa shape index (κ1) is 31.1. The number of benzene rings is 4. The lowest BCUT2D eigenvalue weighted by Gasteiger charge is -2.11. The standard InChI is InChI=1S/C35H35NO7S/c1-24-3-17-32(18-4-24)44(39,40)43-22-20-41-19-21-42-31-15-11-28(12-16-31)34(37)27-9-7-26(8-10-27)33-23-29(6-5-25(33)2)35(38)36-30-13-14-30/h3-12,15-18,23,30H,13-14,19-22H2,1-2H3,(H,36,38). The molecule has 0 unspecified atom stereocenters. The fourth-order valence-corrected chi connectivity index (χ4v) is 5.43. The molecule has 0 atom stereocenters. The highest BCUT2D eigenvalue weighted by molar-refractivity contribution is 7.86. The topological polar surface area (TPSA) is 108 Å². The van der Waals surface area contributed by atoms with Crippen LogP contribution in [-0.2, 0) is 19.0 Å². The predicted octanol–water partition coefficient (Wildman–Crippen LogP) is 5.89. The minimum Gasteiger partial charge on any atom is -0.491 e. The van der Waals surface area contributed by atoms with Gasteiger partial charge in [-0.15, -0.1) is 0 Å². The van der Waals surface area contributed by atoms with Crippen LogP contribution in [0.5, 0.6) is 5.75 Å². The first-order valence-electron chi connectivity index (χ1n) is 14.5. The first-order chi connectivity index (χ1) is 21.2. The third kappa shape index (κ3) is 8.19. The van der Waals surface area contributed by atoms with Crippen LogP contribution in [0, 0.1) is 13.8 Å². The van der Waals surface area contributed by atoms with Gasteiger partial charge in [0, 0.05) is 22.7 Å². The summed E-state index contributed by atoms with van der Waals surface area (Å²) in [7, 11) is -3.82. The first-order valence-corrected chi connectivity index (χ1v) is 15.9. The zero-order chi connectivity index (χ0) is 31.1. The van der Waals surface area contributed by atoms with E-state index in [0.29, 0.717) is 28.5 Å². The fraction of sp³-hybridized carbons (Fsp3) is 0.257. The number of nitrogens with one attached hydrogen (secondary N) is 1. The Morgan fingerprint density at radius 3 is 2.02 bits per heavy atom. The molecule has 0 radical (unpaired) electrons. The molecule has 44 heavy (non-hydrogen) atoms. The molecule has 5 rings (SSSR count). The van der Waals surface area contributed by atoms with Gasteiger partial charge < -0.3 is 14.8 Å². The van der Waals surface area contributed by atoms with E-state index < -0.39 is 10.1 Å². The highest BCUT2D eigenvalue weighted by atomic mass is 32.2. The van der Waals surface area contributed by atoms with Crippen LogP contribution in [0.3, 0.4) is 0 Å². The van der Waals surface area contributed by atoms with Crippen LogP contribution in [0.25, 0.3) is 11.1 Å². The minimum atomic E-state index is -3.82. The number of hydrogen-bond donors (Lipinski definition) is 1. The lowest BCUT2D eigenvalue weighted by atomic mass is 9.95. The van der Waals surface area contributed by atoms with Crippen molar-refractivity contribution in [3.05, 3.63) is 119 Å². The van der Waals surface area contributed by atoms with Gasteiger partial charge in [0.25, 0.3) is 16.0 Å². The van der Waals surface area contributed by atoms with E-state index in [1.165, 1.54) is 12.1 Å². The summed E-state index contributed by atoms with van der Waals surface area (Å²) < 4.78 is 40.5. The maximum atomic E-state index is 13.1. The number of rotatable bonds is 14. The molecule has 1 aliphatic rings. The number of hydrogen-bond acceptors (Lipinski definition) is 7. The van der Waals surface area contributed by atoms with Crippen molar-refractivity contribution in [2.24, 2.45) is 0 Å². The van der Waals surface area contributed by atoms with Crippen LogP contribution in [0.4, 0.5) is 0 Å². The molecular formula is C35H35NO7S. The molecule has 1 aliphatic carbocycles. The molecule has 4 aromatic rings. The van der Waals surface area contributed by atoms with E-state index in [1.807, 2.05) is 44.2 Å². The van der Waals surface area contributed by atoms with Crippen LogP contribution in [0.1, 0.15) is 50.2 Å². The predicted molar refractivity (Wildman–Crippen MR) is 168 cm³/mol. The van der Waals surface area contributed by atoms with E-state index in [2.05, 4.69) is 5.32 Å². The number of carbonyl (C=O) groups excluding carboxylic acids is 2. The average molecular weight is 614 g/mol. The second-order valence-electron chi connectivity index (χ2n) is 10.8. The maximum absolute atomic E-state index is 13.1. The van der Waals surface area contributed by atoms with E-state index in [4.69, 9.17) is 13.7 Å². The zero-order valence-corrected chi connectivity index (χ0v) is 25.6. The summed E-state index contributed by atoms with van der Waals surface area (Å²) in [5, 5.41) is 3.02. The minimum absolute atomic E-state index is 0.0581. The van der Waals surface area contributed by atoms with Gasteiger partial charge in [-0.3, -0.25) is 13.8 Å². The molecule has 4 aromatic carbocycles. The van der Waals surface area contributed by atoms with Crippen molar-refractivity contribution in [3.63, 3.8) is 0 Å². The zero-order valence-electron chi connectivity index (χ0n) is 24.7. The molecule has 0 saturated heterocycles. The summed E-state index contributed by atoms with van der Waals surface area (Å²) in [6.07, 6.45) is 2.07. The Hall–Kier alpha value is -4.31. The van der Waals surface area contributed by atoms with Crippen molar-refractivity contribution in [1.82, 2.24) is 5.32 Å². The molecule has 1 saturated carbocycles. The van der Waals surface area contributed by atoms with Crippen LogP contribution in [0.15, 0.2) is 95.9 Å². The lowest BCUT2D eigenvalue weighted by Crippen LogP contribution is -2.25. The number of aryl methyl sites for hydroxylation is 2. The van der Waals surface area contributed by atoms with E-state index in [0.717, 1.165) is 35.1 Å². The molecule has 0 spiro atoms. The molecule has 0 bridgehead atoms. The molecule has 8 nitrogen and oxygen atoms in total. The fourth-order valence-electron chi connectivity index (χ4n) is 4.54. The van der Waals surface area contributed by atoms with Gasteiger partial charge in [-0.1, -0.05) is 48.0 Å². The van der Waals surface area contributed by atoms with Gasteiger partial charge in [0.1, 0.15) is 12.4 Å². The van der Waals surface area contributed by atoms with Gasteiger partial charge in [0.15, 0.2) is 5.78 Å². The Labute approximate surface area is 258 Å². The van der Waals surface area contributed by atoms with Crippen LogP contribution in [-0.4, -0.2) is 52.6 Å². The second kappa shape index (κ2) is 14.0. The Morgan fingerprint density at radius 1 is 0.750 bits per heavy atom. The summed E-state index contributed by atoms with van der Waals surface area (Å²) >= 11 is 0. The smallest absolute Gasteiger partial charge is 0.297 e. The Bertz CT molecular complexity index is 1710. The van der Waals surface area contributed by atoms with Crippen molar-refractivity contribution in [1.29, 1.82) is 0 Å². The molecule has 1 fully saturated rings. The van der Waals surface area contributed by atoms with Gasteiger partial charge in [0.05, 0.1) is 24.7 Å². The van der Waals surface area contributed by atoms with Gasteiger partial charge in [-0.2, -0.15) is 8.42 Å². The maximum Gasteiger partial charge on any atom is 0.297 e. The van der Waals surface area contributed by atoms with E-state index in [9.17, 15) is 18.0 Å². The highest BCUT2D eigenvalue weighted by Crippen LogP contribution is 2.27. The van der Waals surface area contributed by atoms with Crippen molar-refractivity contribution >= 4 is 21.8 Å². The molecule has 9 heteroatoms. The van der Waals surface area contributed by atoms with Crippen molar-refractivity contribution in [2.45, 2.75) is 37.6 Å². The molecule has 1 N–H and O–H groups in total. The van der Waals surface area contributed by atoms with Crippen molar-refractivity contribution in [3.8, 4) is 16.9 Å². The molecule has 228 valence electrons. The number of amides is 1. The number of carbonyl (C=O) groups is 2. The summed E-state index contributed by atoms with van der Waals surface area (Å²) in [5.41, 5.74) is 5.62. The van der Waals surface area contributed by atoms with Gasteiger partial charge >= 0.3 is 0 Å². The van der Waals surface area contributed by atoms with E-state index in [-0.39, 0.29) is 43.0 Å². The highest BCUT2D eigenvalue weighted by Gasteiger charge is 2.24. The van der Waals surface area contributed by atoms with Gasteiger partial charge in [-0.25, -0.2) is 0 Å². The summed E-state index contributed by atoms with van der Waals surface area (Å²) in [6.45, 7) is 4.38. The summed E-state index contributed by atoms with van der Waals surface area (Å²) in [6, 6.07) is 26.7. The van der Waals surface area contributed by atoms with Gasteiger partial charge in [-0.05, 0) is 91.9 Å². The van der Waals surface area contributed by atoms with Crippen molar-refractivity contribution in [2.75, 3.05) is 26.4 Å². The van der Waals surface area contributed by atoms with Crippen LogP contribution < -0.4 is 10.1 Å². The summed E-state index contributed by atoms with van der Waals surface area (Å²) in [5.74, 6) is 0.415. The second-order valence-corrected chi connectivity index (χ2v) is 12.4. The molecule has 0 aliphatic heterocycles. The van der Waals surface area contributed by atoms with Crippen LogP contribution >= 0.6 is 0 Å². The lowest BCUT2D eigenvalue weighted by molar-refractivity contribution is 0.0779. The van der Waals surface area contributed by atoms with Crippen LogP contribution in [0.2, 0.25) is 0 Å². The van der Waals surface area contributed by atoms with E-state index in [1.54, 1.807) is 48.5 Å². The quantitative estimate of drug-likeness (QED) is 0.107. The van der Waals surface area contributed by atoms with Crippen molar-refractivity contribution < 1.29 is 31.7 Å². The SMILES string of the molecule is Cc1ccc(S(=O)(=O)OCCOCCOc2ccc(C(=O)c3ccc(-c4cc(C(=O)NC5CC5)ccc4C)cc3)cc2)cc1. The molecule has 0 heterocycles. The number of ketones is 1. The third-order valence-electron chi connectivity index (χ3n) is 7.26. The third-order valence-corrected chi connectivity index (χ3v) is 8.59. The van der Waals surface area contributed by atoms with E-state index >= 15 is 0 Å². The molecular weight excluding hydrogens is 578 g/mol. The normalized spacial score (nSPS) is 13.0. The molecule has 0 aromatic heterocycles. The number of ether oxygens (including phenoxy) is 2. The average Bonchev–Trinajstić information content (AvgIpc) is 3.85. The largest absolute Gasteiger partial charge is 0.491 e. The Kier molecular flexibility index (Phi) is 9.89. The summed E-state index contributed by atoms with van der Waals surface area (Å²) in [4.78, 5) is 25.7.